The number of hydrogen-bond acceptors (Lipinski definition) is 4. The Balaban J connectivity index is 1.41. The summed E-state index contributed by atoms with van der Waals surface area (Å²) in [5, 5.41) is 2.81. The number of hydrogen-bond donors (Lipinski definition) is 1. The topological polar surface area (TPSA) is 86.8 Å². The van der Waals surface area contributed by atoms with E-state index in [1.807, 2.05) is 29.2 Å². The molecule has 8 heteroatoms. The van der Waals surface area contributed by atoms with E-state index in [-0.39, 0.29) is 23.9 Å². The lowest BCUT2D eigenvalue weighted by Crippen LogP contribution is -2.40. The van der Waals surface area contributed by atoms with Gasteiger partial charge in [-0.25, -0.2) is 8.42 Å². The van der Waals surface area contributed by atoms with Crippen LogP contribution in [-0.2, 0) is 32.7 Å². The number of rotatable bonds is 9. The Morgan fingerprint density at radius 2 is 1.50 bits per heavy atom. The van der Waals surface area contributed by atoms with Crippen LogP contribution in [0.4, 0.5) is 5.69 Å². The molecule has 0 bridgehead atoms. The Bertz CT molecular complexity index is 1230. The summed E-state index contributed by atoms with van der Waals surface area (Å²) < 4.78 is 27.6. The van der Waals surface area contributed by atoms with Gasteiger partial charge >= 0.3 is 0 Å². The number of anilines is 1. The molecule has 7 nitrogen and oxygen atoms in total. The third-order valence-corrected chi connectivity index (χ3v) is 7.51. The molecule has 1 fully saturated rings. The zero-order valence-electron chi connectivity index (χ0n) is 18.8. The van der Waals surface area contributed by atoms with Gasteiger partial charge in [-0.2, -0.15) is 0 Å². The van der Waals surface area contributed by atoms with Crippen molar-refractivity contribution in [2.24, 2.45) is 0 Å². The summed E-state index contributed by atoms with van der Waals surface area (Å²) >= 11 is 0. The van der Waals surface area contributed by atoms with Crippen LogP contribution >= 0.6 is 0 Å². The van der Waals surface area contributed by atoms with Gasteiger partial charge in [0.15, 0.2) is 0 Å². The van der Waals surface area contributed by atoms with E-state index in [1.54, 1.807) is 48.5 Å². The molecule has 0 aromatic heterocycles. The summed E-state index contributed by atoms with van der Waals surface area (Å²) in [5.74, 6) is -0.222. The van der Waals surface area contributed by atoms with Crippen molar-refractivity contribution in [1.82, 2.24) is 10.2 Å². The van der Waals surface area contributed by atoms with E-state index in [0.717, 1.165) is 28.4 Å². The first-order valence-electron chi connectivity index (χ1n) is 11.2. The molecule has 1 saturated heterocycles. The summed E-state index contributed by atoms with van der Waals surface area (Å²) in [4.78, 5) is 26.5. The van der Waals surface area contributed by atoms with E-state index >= 15 is 0 Å². The molecule has 0 radical (unpaired) electrons. The average Bonchev–Trinajstić information content (AvgIpc) is 3.27. The molecule has 0 saturated carbocycles. The van der Waals surface area contributed by atoms with Crippen molar-refractivity contribution < 1.29 is 18.0 Å². The third-order valence-electron chi connectivity index (χ3n) is 5.72. The van der Waals surface area contributed by atoms with Crippen molar-refractivity contribution >= 4 is 27.5 Å². The van der Waals surface area contributed by atoms with Gasteiger partial charge in [-0.3, -0.25) is 13.9 Å². The van der Waals surface area contributed by atoms with Crippen molar-refractivity contribution in [3.63, 3.8) is 0 Å². The molecule has 176 valence electrons. The summed E-state index contributed by atoms with van der Waals surface area (Å²) in [7, 11) is -3.91. The SMILES string of the molecule is O=C(CN(c1ccccc1)S(=O)(=O)c1ccccc1)NCc1ccc(CN2CCCC2=O)cc1. The predicted molar refractivity (Wildman–Crippen MR) is 130 cm³/mol. The Labute approximate surface area is 200 Å². The van der Waals surface area contributed by atoms with Crippen LogP contribution in [0.25, 0.3) is 0 Å². The molecule has 1 heterocycles. The van der Waals surface area contributed by atoms with Gasteiger partial charge < -0.3 is 10.2 Å². The highest BCUT2D eigenvalue weighted by atomic mass is 32.2. The van der Waals surface area contributed by atoms with E-state index in [2.05, 4.69) is 5.32 Å². The third kappa shape index (κ3) is 5.63. The maximum atomic E-state index is 13.3. The van der Waals surface area contributed by atoms with E-state index < -0.39 is 15.9 Å². The van der Waals surface area contributed by atoms with Crippen molar-refractivity contribution in [3.8, 4) is 0 Å². The lowest BCUT2D eigenvalue weighted by Gasteiger charge is -2.24. The Hall–Kier alpha value is -3.65. The number of likely N-dealkylation sites (tertiary alicyclic amines) is 1. The highest BCUT2D eigenvalue weighted by molar-refractivity contribution is 7.92. The molecule has 4 rings (SSSR count). The predicted octanol–water partition coefficient (Wildman–Crippen LogP) is 3.32. The number of sulfonamides is 1. The number of nitrogens with zero attached hydrogens (tertiary/aromatic N) is 2. The van der Waals surface area contributed by atoms with Gasteiger partial charge in [-0.1, -0.05) is 60.7 Å². The number of carbonyl (C=O) groups is 2. The van der Waals surface area contributed by atoms with Crippen molar-refractivity contribution in [3.05, 3.63) is 96.1 Å². The van der Waals surface area contributed by atoms with Gasteiger partial charge in [-0.05, 0) is 41.8 Å². The highest BCUT2D eigenvalue weighted by Gasteiger charge is 2.27. The van der Waals surface area contributed by atoms with Gasteiger partial charge in [0.2, 0.25) is 11.8 Å². The molecular formula is C26H27N3O4S. The minimum Gasteiger partial charge on any atom is -0.350 e. The average molecular weight is 478 g/mol. The first kappa shape index (κ1) is 23.5. The van der Waals surface area contributed by atoms with Crippen LogP contribution < -0.4 is 9.62 Å². The zero-order valence-corrected chi connectivity index (χ0v) is 19.6. The smallest absolute Gasteiger partial charge is 0.264 e. The number of amides is 2. The molecule has 1 aliphatic rings. The molecule has 0 aliphatic carbocycles. The van der Waals surface area contributed by atoms with Crippen LogP contribution in [0, 0.1) is 0 Å². The second-order valence-electron chi connectivity index (χ2n) is 8.17. The number of nitrogens with one attached hydrogen (secondary N) is 1. The van der Waals surface area contributed by atoms with Crippen LogP contribution in [0.3, 0.4) is 0 Å². The monoisotopic (exact) mass is 477 g/mol. The lowest BCUT2D eigenvalue weighted by molar-refractivity contribution is -0.128. The maximum absolute atomic E-state index is 13.3. The second kappa shape index (κ2) is 10.5. The second-order valence-corrected chi connectivity index (χ2v) is 10.0. The molecule has 3 aromatic carbocycles. The normalized spacial score (nSPS) is 13.6. The van der Waals surface area contributed by atoms with Gasteiger partial charge in [-0.15, -0.1) is 0 Å². The molecule has 2 amide bonds. The fourth-order valence-electron chi connectivity index (χ4n) is 3.87. The van der Waals surface area contributed by atoms with Gasteiger partial charge in [0.05, 0.1) is 10.6 Å². The van der Waals surface area contributed by atoms with Crippen LogP contribution in [0.5, 0.6) is 0 Å². The Morgan fingerprint density at radius 3 is 2.12 bits per heavy atom. The van der Waals surface area contributed by atoms with Crippen molar-refractivity contribution in [2.75, 3.05) is 17.4 Å². The Morgan fingerprint density at radius 1 is 0.882 bits per heavy atom. The standard InChI is InChI=1S/C26H27N3O4S/c30-25(27-18-21-13-15-22(16-14-21)19-28-17-7-12-26(28)31)20-29(23-8-3-1-4-9-23)34(32,33)24-10-5-2-6-11-24/h1-6,8-11,13-16H,7,12,17-20H2,(H,27,30). The van der Waals surface area contributed by atoms with Crippen LogP contribution in [0.15, 0.2) is 89.8 Å². The van der Waals surface area contributed by atoms with Crippen LogP contribution in [0.1, 0.15) is 24.0 Å². The van der Waals surface area contributed by atoms with Crippen molar-refractivity contribution in [1.29, 1.82) is 0 Å². The fraction of sp³-hybridized carbons (Fsp3) is 0.231. The quantitative estimate of drug-likeness (QED) is 0.512. The maximum Gasteiger partial charge on any atom is 0.264 e. The molecule has 0 spiro atoms. The molecule has 1 aliphatic heterocycles. The van der Waals surface area contributed by atoms with Gasteiger partial charge in [0.25, 0.3) is 10.0 Å². The summed E-state index contributed by atoms with van der Waals surface area (Å²) in [5.41, 5.74) is 2.35. The van der Waals surface area contributed by atoms with Gasteiger partial charge in [0, 0.05) is 26.1 Å². The van der Waals surface area contributed by atoms with Crippen molar-refractivity contribution in [2.45, 2.75) is 30.8 Å². The summed E-state index contributed by atoms with van der Waals surface area (Å²) in [6.07, 6.45) is 1.52. The van der Waals surface area contributed by atoms with Gasteiger partial charge in [0.1, 0.15) is 6.54 Å². The molecule has 3 aromatic rings. The van der Waals surface area contributed by atoms with E-state index in [4.69, 9.17) is 0 Å². The van der Waals surface area contributed by atoms with E-state index in [9.17, 15) is 18.0 Å². The fourth-order valence-corrected chi connectivity index (χ4v) is 5.31. The molecule has 0 atom stereocenters. The highest BCUT2D eigenvalue weighted by Crippen LogP contribution is 2.23. The number of carbonyl (C=O) groups excluding carboxylic acids is 2. The first-order valence-corrected chi connectivity index (χ1v) is 12.6. The number of benzene rings is 3. The first-order chi connectivity index (χ1) is 16.4. The minimum atomic E-state index is -3.91. The molecular weight excluding hydrogens is 450 g/mol. The number of para-hydroxylation sites is 1. The van der Waals surface area contributed by atoms with E-state index in [1.165, 1.54) is 12.1 Å². The molecule has 34 heavy (non-hydrogen) atoms. The van der Waals surface area contributed by atoms with Crippen LogP contribution in [-0.4, -0.2) is 38.2 Å². The zero-order chi connectivity index (χ0) is 24.0. The summed E-state index contributed by atoms with van der Waals surface area (Å²) in [6.45, 7) is 1.32. The lowest BCUT2D eigenvalue weighted by atomic mass is 10.1. The van der Waals surface area contributed by atoms with Crippen LogP contribution in [0.2, 0.25) is 0 Å². The summed E-state index contributed by atoms with van der Waals surface area (Å²) in [6, 6.07) is 24.4. The molecule has 0 unspecified atom stereocenters. The Kier molecular flexibility index (Phi) is 7.27. The van der Waals surface area contributed by atoms with E-state index in [0.29, 0.717) is 18.7 Å². The minimum absolute atomic E-state index is 0.124. The largest absolute Gasteiger partial charge is 0.350 e. The molecule has 1 N–H and O–H groups in total.